The minimum atomic E-state index is -0.386. The number of halogens is 2. The Labute approximate surface area is 143 Å². The molecule has 1 heterocycles. The van der Waals surface area contributed by atoms with E-state index < -0.39 is 0 Å². The number of benzene rings is 2. The second-order valence-corrected chi connectivity index (χ2v) is 5.94. The Morgan fingerprint density at radius 2 is 1.65 bits per heavy atom. The lowest BCUT2D eigenvalue weighted by Gasteiger charge is -2.18. The van der Waals surface area contributed by atoms with Gasteiger partial charge < -0.3 is 16.0 Å². The molecule has 0 radical (unpaired) electrons. The smallest absolute Gasteiger partial charge is 0.323 e. The molecule has 3 rings (SSSR count). The van der Waals surface area contributed by atoms with Crippen molar-refractivity contribution in [2.24, 2.45) is 0 Å². The summed E-state index contributed by atoms with van der Waals surface area (Å²) in [4.78, 5) is 23.4. The van der Waals surface area contributed by atoms with Crippen LogP contribution < -0.4 is 16.0 Å². The maximum atomic E-state index is 12.0. The monoisotopic (exact) mass is 349 g/mol. The lowest BCUT2D eigenvalue weighted by Crippen LogP contribution is -2.21. The zero-order chi connectivity index (χ0) is 16.4. The topological polar surface area (TPSA) is 70.2 Å². The van der Waals surface area contributed by atoms with Crippen LogP contribution in [0.3, 0.4) is 0 Å². The van der Waals surface area contributed by atoms with Gasteiger partial charge in [-0.15, -0.1) is 0 Å². The third-order valence-corrected chi connectivity index (χ3v) is 4.18. The molecule has 2 aromatic rings. The predicted molar refractivity (Wildman–Crippen MR) is 92.5 cm³/mol. The van der Waals surface area contributed by atoms with Crippen LogP contribution in [0.15, 0.2) is 36.4 Å². The summed E-state index contributed by atoms with van der Waals surface area (Å²) in [5, 5.41) is 9.02. The van der Waals surface area contributed by atoms with Gasteiger partial charge >= 0.3 is 6.03 Å². The van der Waals surface area contributed by atoms with Crippen molar-refractivity contribution in [3.05, 3.63) is 52.0 Å². The molecule has 3 N–H and O–H groups in total. The molecule has 0 saturated carbocycles. The number of urea groups is 1. The molecule has 0 atom stereocenters. The molecule has 0 unspecified atom stereocenters. The van der Waals surface area contributed by atoms with Crippen LogP contribution in [-0.4, -0.2) is 11.9 Å². The fourth-order valence-corrected chi connectivity index (χ4v) is 2.63. The summed E-state index contributed by atoms with van der Waals surface area (Å²) < 4.78 is 0. The van der Waals surface area contributed by atoms with E-state index in [4.69, 9.17) is 23.2 Å². The van der Waals surface area contributed by atoms with Crippen LogP contribution in [0.2, 0.25) is 10.0 Å². The molecule has 0 fully saturated rings. The second kappa shape index (κ2) is 6.48. The molecule has 3 amide bonds. The first kappa shape index (κ1) is 15.6. The van der Waals surface area contributed by atoms with Gasteiger partial charge in [0.25, 0.3) is 0 Å². The summed E-state index contributed by atoms with van der Waals surface area (Å²) in [6.45, 7) is 0. The molecule has 0 saturated heterocycles. The lowest BCUT2D eigenvalue weighted by atomic mass is 10.0. The van der Waals surface area contributed by atoms with Crippen molar-refractivity contribution in [3.8, 4) is 0 Å². The van der Waals surface area contributed by atoms with E-state index in [-0.39, 0.29) is 11.9 Å². The van der Waals surface area contributed by atoms with Crippen LogP contribution in [0.1, 0.15) is 12.0 Å². The normalized spacial score (nSPS) is 13.0. The average molecular weight is 350 g/mol. The molecule has 23 heavy (non-hydrogen) atoms. The third kappa shape index (κ3) is 3.75. The summed E-state index contributed by atoms with van der Waals surface area (Å²) in [6, 6.07) is 9.83. The molecule has 2 aromatic carbocycles. The highest BCUT2D eigenvalue weighted by molar-refractivity contribution is 6.42. The van der Waals surface area contributed by atoms with E-state index in [0.29, 0.717) is 34.3 Å². The minimum absolute atomic E-state index is 0.00979. The van der Waals surface area contributed by atoms with Gasteiger partial charge in [-0.3, -0.25) is 4.79 Å². The number of rotatable bonds is 2. The quantitative estimate of drug-likeness (QED) is 0.745. The highest BCUT2D eigenvalue weighted by Gasteiger charge is 2.15. The molecular formula is C16H13Cl2N3O2. The number of carbonyl (C=O) groups excluding carboxylic acids is 2. The van der Waals surface area contributed by atoms with Crippen LogP contribution in [0.4, 0.5) is 21.9 Å². The summed E-state index contributed by atoms with van der Waals surface area (Å²) in [5.41, 5.74) is 2.98. The third-order valence-electron chi connectivity index (χ3n) is 3.44. The number of hydrogen-bond acceptors (Lipinski definition) is 2. The maximum Gasteiger partial charge on any atom is 0.323 e. The zero-order valence-corrected chi connectivity index (χ0v) is 13.5. The lowest BCUT2D eigenvalue weighted by molar-refractivity contribution is -0.116. The summed E-state index contributed by atoms with van der Waals surface area (Å²) in [7, 11) is 0. The Bertz CT molecular complexity index is 793. The van der Waals surface area contributed by atoms with Crippen molar-refractivity contribution >= 4 is 52.2 Å². The number of fused-ring (bicyclic) bond motifs is 1. The first-order valence-corrected chi connectivity index (χ1v) is 7.73. The van der Waals surface area contributed by atoms with Gasteiger partial charge in [0.15, 0.2) is 0 Å². The first-order valence-electron chi connectivity index (χ1n) is 6.97. The highest BCUT2D eigenvalue weighted by Crippen LogP contribution is 2.27. The Morgan fingerprint density at radius 3 is 2.39 bits per heavy atom. The van der Waals surface area contributed by atoms with Gasteiger partial charge in [0, 0.05) is 23.5 Å². The van der Waals surface area contributed by atoms with Crippen LogP contribution >= 0.6 is 23.2 Å². The Morgan fingerprint density at radius 1 is 0.957 bits per heavy atom. The van der Waals surface area contributed by atoms with Crippen molar-refractivity contribution in [1.29, 1.82) is 0 Å². The van der Waals surface area contributed by atoms with E-state index in [2.05, 4.69) is 16.0 Å². The molecule has 0 aromatic heterocycles. The van der Waals surface area contributed by atoms with E-state index in [0.717, 1.165) is 11.3 Å². The summed E-state index contributed by atoms with van der Waals surface area (Å²) >= 11 is 11.7. The first-order chi connectivity index (χ1) is 11.0. The standard InChI is InChI=1S/C16H13Cl2N3O2/c17-12-4-2-11(8-13(12)18)20-16(23)19-10-3-5-14-9(7-10)1-6-15(22)21-14/h2-5,7-8H,1,6H2,(H,21,22)(H2,19,20,23). The fourth-order valence-electron chi connectivity index (χ4n) is 2.33. The number of carbonyl (C=O) groups is 2. The molecule has 118 valence electrons. The van der Waals surface area contributed by atoms with Crippen molar-refractivity contribution in [1.82, 2.24) is 0 Å². The largest absolute Gasteiger partial charge is 0.326 e. The Kier molecular flexibility index (Phi) is 4.41. The van der Waals surface area contributed by atoms with Gasteiger partial charge in [0.05, 0.1) is 10.0 Å². The second-order valence-electron chi connectivity index (χ2n) is 5.13. The van der Waals surface area contributed by atoms with Gasteiger partial charge in [0.1, 0.15) is 0 Å². The predicted octanol–water partition coefficient (Wildman–Crippen LogP) is 4.52. The number of nitrogens with one attached hydrogen (secondary N) is 3. The molecule has 0 aliphatic carbocycles. The van der Waals surface area contributed by atoms with E-state index in [9.17, 15) is 9.59 Å². The molecule has 5 nitrogen and oxygen atoms in total. The molecule has 0 bridgehead atoms. The SMILES string of the molecule is O=C1CCc2cc(NC(=O)Nc3ccc(Cl)c(Cl)c3)ccc2N1. The van der Waals surface area contributed by atoms with Crippen molar-refractivity contribution in [2.75, 3.05) is 16.0 Å². The molecular weight excluding hydrogens is 337 g/mol. The van der Waals surface area contributed by atoms with Crippen LogP contribution in [-0.2, 0) is 11.2 Å². The van der Waals surface area contributed by atoms with E-state index in [1.54, 1.807) is 30.3 Å². The molecule has 1 aliphatic heterocycles. The van der Waals surface area contributed by atoms with Gasteiger partial charge in [-0.1, -0.05) is 23.2 Å². The van der Waals surface area contributed by atoms with Crippen molar-refractivity contribution < 1.29 is 9.59 Å². The Balaban J connectivity index is 1.68. The Hall–Kier alpha value is -2.24. The number of aryl methyl sites for hydroxylation is 1. The van der Waals surface area contributed by atoms with Gasteiger partial charge in [-0.2, -0.15) is 0 Å². The highest BCUT2D eigenvalue weighted by atomic mass is 35.5. The number of anilines is 3. The van der Waals surface area contributed by atoms with Crippen LogP contribution in [0.5, 0.6) is 0 Å². The van der Waals surface area contributed by atoms with E-state index in [1.165, 1.54) is 0 Å². The fraction of sp³-hybridized carbons (Fsp3) is 0.125. The summed E-state index contributed by atoms with van der Waals surface area (Å²) in [5.74, 6) is 0.00979. The van der Waals surface area contributed by atoms with Crippen LogP contribution in [0.25, 0.3) is 0 Å². The maximum absolute atomic E-state index is 12.0. The molecule has 7 heteroatoms. The van der Waals surface area contributed by atoms with E-state index >= 15 is 0 Å². The molecule has 1 aliphatic rings. The van der Waals surface area contributed by atoms with Crippen molar-refractivity contribution in [3.63, 3.8) is 0 Å². The van der Waals surface area contributed by atoms with Crippen molar-refractivity contribution in [2.45, 2.75) is 12.8 Å². The summed E-state index contributed by atoms with van der Waals surface area (Å²) in [6.07, 6.45) is 1.11. The number of hydrogen-bond donors (Lipinski definition) is 3. The van der Waals surface area contributed by atoms with Crippen LogP contribution in [0, 0.1) is 0 Å². The van der Waals surface area contributed by atoms with E-state index in [1.807, 2.05) is 6.07 Å². The van der Waals surface area contributed by atoms with Gasteiger partial charge in [0.2, 0.25) is 5.91 Å². The molecule has 0 spiro atoms. The minimum Gasteiger partial charge on any atom is -0.326 e. The number of amides is 3. The zero-order valence-electron chi connectivity index (χ0n) is 12.0. The average Bonchev–Trinajstić information content (AvgIpc) is 2.51. The van der Waals surface area contributed by atoms with Gasteiger partial charge in [-0.25, -0.2) is 4.79 Å². The van der Waals surface area contributed by atoms with Gasteiger partial charge in [-0.05, 0) is 48.4 Å².